The monoisotopic (exact) mass is 437 g/mol. The first-order valence-corrected chi connectivity index (χ1v) is 10.5. The van der Waals surface area contributed by atoms with Gasteiger partial charge in [0.15, 0.2) is 0 Å². The van der Waals surface area contributed by atoms with Gasteiger partial charge in [-0.15, -0.1) is 0 Å². The van der Waals surface area contributed by atoms with Crippen LogP contribution in [0.5, 0.6) is 0 Å². The lowest BCUT2D eigenvalue weighted by Gasteiger charge is -2.15. The van der Waals surface area contributed by atoms with Gasteiger partial charge >= 0.3 is 6.18 Å². The fourth-order valence-electron chi connectivity index (χ4n) is 5.16. The third-order valence-electron chi connectivity index (χ3n) is 6.47. The molecule has 33 heavy (non-hydrogen) atoms. The van der Waals surface area contributed by atoms with Crippen molar-refractivity contribution in [1.82, 2.24) is 14.4 Å². The fraction of sp³-hybridized carbons (Fsp3) is 0.0370. The molecule has 0 bridgehead atoms. The topological polar surface area (TPSA) is 30.2 Å². The van der Waals surface area contributed by atoms with Gasteiger partial charge in [0.2, 0.25) is 0 Å². The molecule has 0 spiro atoms. The molecule has 0 saturated heterocycles. The molecule has 4 aromatic carbocycles. The molecule has 0 N–H and O–H groups in total. The number of rotatable bonds is 1. The maximum Gasteiger partial charge on any atom is 0.419 e. The van der Waals surface area contributed by atoms with Gasteiger partial charge in [0.05, 0.1) is 27.8 Å². The van der Waals surface area contributed by atoms with Gasteiger partial charge in [-0.2, -0.15) is 13.2 Å². The maximum atomic E-state index is 14.2. The molecule has 0 aliphatic rings. The number of hydrogen-bond donors (Lipinski definition) is 0. The normalized spacial score (nSPS) is 12.7. The second-order valence-corrected chi connectivity index (χ2v) is 8.22. The van der Waals surface area contributed by atoms with E-state index in [-0.39, 0.29) is 10.9 Å². The van der Waals surface area contributed by atoms with E-state index in [1.807, 2.05) is 36.5 Å². The van der Waals surface area contributed by atoms with Gasteiger partial charge in [0, 0.05) is 33.3 Å². The van der Waals surface area contributed by atoms with E-state index >= 15 is 0 Å². The summed E-state index contributed by atoms with van der Waals surface area (Å²) >= 11 is 0. The molecule has 7 aromatic rings. The third-order valence-corrected chi connectivity index (χ3v) is 6.47. The van der Waals surface area contributed by atoms with Crippen molar-refractivity contribution >= 4 is 48.9 Å². The molecule has 3 heterocycles. The Morgan fingerprint density at radius 2 is 1.42 bits per heavy atom. The first-order chi connectivity index (χ1) is 16.0. The van der Waals surface area contributed by atoms with Crippen LogP contribution in [0, 0.1) is 0 Å². The summed E-state index contributed by atoms with van der Waals surface area (Å²) in [6.07, 6.45) is -1.34. The number of nitrogens with zero attached hydrogens (tertiary/aromatic N) is 3. The molecular weight excluding hydrogens is 423 g/mol. The predicted octanol–water partition coefficient (Wildman–Crippen LogP) is 7.47. The van der Waals surface area contributed by atoms with Gasteiger partial charge in [-0.05, 0) is 22.9 Å². The van der Waals surface area contributed by atoms with Gasteiger partial charge in [-0.25, -0.2) is 9.97 Å². The number of hydrogen-bond acceptors (Lipinski definition) is 2. The number of benzene rings is 4. The number of fused-ring (bicyclic) bond motifs is 5. The van der Waals surface area contributed by atoms with Crippen molar-refractivity contribution in [2.24, 2.45) is 0 Å². The Bertz CT molecular complexity index is 1860. The minimum atomic E-state index is -4.55. The lowest BCUT2D eigenvalue weighted by Crippen LogP contribution is -2.08. The minimum absolute atomic E-state index is 0.0827. The highest BCUT2D eigenvalue weighted by molar-refractivity contribution is 6.19. The maximum absolute atomic E-state index is 14.2. The summed E-state index contributed by atoms with van der Waals surface area (Å²) in [6.45, 7) is 0. The molecular formula is C27H14F3N3. The molecule has 0 radical (unpaired) electrons. The molecule has 0 saturated carbocycles. The van der Waals surface area contributed by atoms with E-state index in [0.29, 0.717) is 16.5 Å². The number of para-hydroxylation sites is 2. The number of alkyl halides is 3. The smallest absolute Gasteiger partial charge is 0.315 e. The van der Waals surface area contributed by atoms with Gasteiger partial charge in [-0.1, -0.05) is 60.7 Å². The highest BCUT2D eigenvalue weighted by Crippen LogP contribution is 2.44. The van der Waals surface area contributed by atoms with Crippen LogP contribution in [0.1, 0.15) is 5.56 Å². The van der Waals surface area contributed by atoms with Crippen molar-refractivity contribution in [3.8, 4) is 11.3 Å². The van der Waals surface area contributed by atoms with Crippen molar-refractivity contribution in [1.29, 1.82) is 0 Å². The average Bonchev–Trinajstić information content (AvgIpc) is 3.36. The SMILES string of the molecule is FC(F)(F)c1c2ccccc2cc2c(-c3cn4c5ccccc5c5cccc3c54)ncnc12. The zero-order valence-corrected chi connectivity index (χ0v) is 17.1. The molecule has 0 aliphatic carbocycles. The Kier molecular flexibility index (Phi) is 3.45. The van der Waals surface area contributed by atoms with Crippen molar-refractivity contribution in [3.05, 3.63) is 90.9 Å². The van der Waals surface area contributed by atoms with E-state index in [0.717, 1.165) is 32.8 Å². The summed E-state index contributed by atoms with van der Waals surface area (Å²) in [5.74, 6) is 0. The Morgan fingerprint density at radius 3 is 2.27 bits per heavy atom. The molecule has 0 aliphatic heterocycles. The van der Waals surface area contributed by atoms with E-state index in [9.17, 15) is 13.2 Å². The van der Waals surface area contributed by atoms with Gasteiger partial charge in [0.1, 0.15) is 6.33 Å². The van der Waals surface area contributed by atoms with Crippen LogP contribution in [0.4, 0.5) is 13.2 Å². The van der Waals surface area contributed by atoms with Gasteiger partial charge in [-0.3, -0.25) is 0 Å². The Balaban J connectivity index is 1.65. The van der Waals surface area contributed by atoms with Gasteiger partial charge in [0.25, 0.3) is 0 Å². The lowest BCUT2D eigenvalue weighted by molar-refractivity contribution is -0.135. The van der Waals surface area contributed by atoms with Crippen molar-refractivity contribution in [2.75, 3.05) is 0 Å². The second-order valence-electron chi connectivity index (χ2n) is 8.22. The second kappa shape index (κ2) is 6.19. The zero-order valence-electron chi connectivity index (χ0n) is 17.1. The van der Waals surface area contributed by atoms with Crippen LogP contribution in [0.15, 0.2) is 85.3 Å². The van der Waals surface area contributed by atoms with Gasteiger partial charge < -0.3 is 4.40 Å². The zero-order chi connectivity index (χ0) is 22.3. The van der Waals surface area contributed by atoms with Crippen molar-refractivity contribution in [3.63, 3.8) is 0 Å². The summed E-state index contributed by atoms with van der Waals surface area (Å²) in [5, 5.41) is 4.24. The Labute approximate surface area is 185 Å². The van der Waals surface area contributed by atoms with Crippen molar-refractivity contribution in [2.45, 2.75) is 6.18 Å². The molecule has 0 fully saturated rings. The van der Waals surface area contributed by atoms with E-state index in [1.54, 1.807) is 24.3 Å². The Morgan fingerprint density at radius 1 is 0.697 bits per heavy atom. The van der Waals surface area contributed by atoms with Crippen molar-refractivity contribution < 1.29 is 13.2 Å². The molecule has 158 valence electrons. The highest BCUT2D eigenvalue weighted by atomic mass is 19.4. The highest BCUT2D eigenvalue weighted by Gasteiger charge is 2.36. The molecule has 3 nitrogen and oxygen atoms in total. The minimum Gasteiger partial charge on any atom is -0.315 e. The van der Waals surface area contributed by atoms with E-state index in [2.05, 4.69) is 26.5 Å². The molecule has 0 atom stereocenters. The fourth-order valence-corrected chi connectivity index (χ4v) is 5.16. The van der Waals surface area contributed by atoms with Crippen LogP contribution in [0.2, 0.25) is 0 Å². The van der Waals surface area contributed by atoms with Crippen LogP contribution < -0.4 is 0 Å². The van der Waals surface area contributed by atoms with Crippen LogP contribution in [0.3, 0.4) is 0 Å². The van der Waals surface area contributed by atoms with E-state index in [1.165, 1.54) is 12.4 Å². The first-order valence-electron chi connectivity index (χ1n) is 10.5. The lowest BCUT2D eigenvalue weighted by atomic mass is 9.96. The van der Waals surface area contributed by atoms with Crippen LogP contribution in [-0.2, 0) is 6.18 Å². The molecule has 0 amide bonds. The summed E-state index contributed by atoms with van der Waals surface area (Å²) in [4.78, 5) is 8.59. The molecule has 6 heteroatoms. The standard InChI is InChI=1S/C27H14F3N3/c28-27(29,30)23-16-7-2-1-6-15(16)12-20-24(31-14-32-25(20)23)21-13-33-22-11-4-3-8-17(22)18-9-5-10-19(21)26(18)33/h1-14H. The quantitative estimate of drug-likeness (QED) is 0.250. The van der Waals surface area contributed by atoms with Crippen LogP contribution >= 0.6 is 0 Å². The number of aromatic nitrogens is 3. The number of halogens is 3. The summed E-state index contributed by atoms with van der Waals surface area (Å²) in [7, 11) is 0. The molecule has 3 aromatic heterocycles. The predicted molar refractivity (Wildman–Crippen MR) is 125 cm³/mol. The summed E-state index contributed by atoms with van der Waals surface area (Å²) in [6, 6.07) is 22.5. The third kappa shape index (κ3) is 2.40. The Hall–Kier alpha value is -4.19. The average molecular weight is 437 g/mol. The van der Waals surface area contributed by atoms with Crippen LogP contribution in [-0.4, -0.2) is 14.4 Å². The summed E-state index contributed by atoms with van der Waals surface area (Å²) in [5.41, 5.74) is 2.57. The van der Waals surface area contributed by atoms with E-state index < -0.39 is 11.7 Å². The van der Waals surface area contributed by atoms with Crippen LogP contribution in [0.25, 0.3) is 60.1 Å². The largest absolute Gasteiger partial charge is 0.419 e. The first kappa shape index (κ1) is 18.4. The van der Waals surface area contributed by atoms with E-state index in [4.69, 9.17) is 0 Å². The molecule has 7 rings (SSSR count). The summed E-state index contributed by atoms with van der Waals surface area (Å²) < 4.78 is 44.7. The molecule has 0 unspecified atom stereocenters.